The number of halogens is 2. The fraction of sp³-hybridized carbons (Fsp3) is 0.474. The molecule has 4 rings (SSSR count). The first-order chi connectivity index (χ1) is 13.1. The SMILES string of the molecule is OCC1CCCN1c1cc(NC2CCN(c3ccc(F)c(Cl)c3)C2)ncn1. The highest BCUT2D eigenvalue weighted by atomic mass is 35.5. The van der Waals surface area contributed by atoms with Crippen LogP contribution in [0, 0.1) is 5.82 Å². The lowest BCUT2D eigenvalue weighted by molar-refractivity contribution is 0.266. The number of hydrogen-bond donors (Lipinski definition) is 2. The summed E-state index contributed by atoms with van der Waals surface area (Å²) in [6.45, 7) is 2.72. The third kappa shape index (κ3) is 3.94. The number of aliphatic hydroxyl groups is 1. The lowest BCUT2D eigenvalue weighted by Crippen LogP contribution is -2.33. The minimum absolute atomic E-state index is 0.137. The molecule has 3 heterocycles. The minimum atomic E-state index is -0.397. The van der Waals surface area contributed by atoms with Crippen molar-refractivity contribution in [3.8, 4) is 0 Å². The lowest BCUT2D eigenvalue weighted by atomic mass is 10.2. The van der Waals surface area contributed by atoms with Gasteiger partial charge in [-0.15, -0.1) is 0 Å². The predicted molar refractivity (Wildman–Crippen MR) is 105 cm³/mol. The van der Waals surface area contributed by atoms with E-state index in [2.05, 4.69) is 25.1 Å². The van der Waals surface area contributed by atoms with Gasteiger partial charge in [-0.2, -0.15) is 0 Å². The standard InChI is InChI=1S/C19H23ClFN5O/c20-16-8-14(3-4-17(16)21)25-7-5-13(10-25)24-18-9-19(23-12-22-18)26-6-1-2-15(26)11-27/h3-4,8-9,12-13,15,27H,1-2,5-7,10-11H2,(H,22,23,24). The molecule has 2 unspecified atom stereocenters. The van der Waals surface area contributed by atoms with Gasteiger partial charge in [0.05, 0.1) is 17.7 Å². The van der Waals surface area contributed by atoms with Crippen molar-refractivity contribution in [2.45, 2.75) is 31.3 Å². The first-order valence-electron chi connectivity index (χ1n) is 9.30. The molecule has 2 aliphatic rings. The highest BCUT2D eigenvalue weighted by Crippen LogP contribution is 2.28. The van der Waals surface area contributed by atoms with E-state index in [9.17, 15) is 9.50 Å². The molecular formula is C19H23ClFN5O. The zero-order valence-corrected chi connectivity index (χ0v) is 15.7. The van der Waals surface area contributed by atoms with Crippen molar-refractivity contribution in [2.75, 3.05) is 41.4 Å². The molecule has 2 atom stereocenters. The van der Waals surface area contributed by atoms with Crippen LogP contribution in [0.3, 0.4) is 0 Å². The van der Waals surface area contributed by atoms with Crippen LogP contribution in [0.4, 0.5) is 21.7 Å². The van der Waals surface area contributed by atoms with Crippen molar-refractivity contribution >= 4 is 28.9 Å². The van der Waals surface area contributed by atoms with Crippen molar-refractivity contribution in [3.05, 3.63) is 41.4 Å². The Bertz CT molecular complexity index is 807. The minimum Gasteiger partial charge on any atom is -0.394 e. The van der Waals surface area contributed by atoms with Gasteiger partial charge in [-0.1, -0.05) is 11.6 Å². The normalized spacial score (nSPS) is 22.5. The Balaban J connectivity index is 1.41. The highest BCUT2D eigenvalue weighted by Gasteiger charge is 2.26. The van der Waals surface area contributed by atoms with Crippen molar-refractivity contribution in [2.24, 2.45) is 0 Å². The number of anilines is 3. The van der Waals surface area contributed by atoms with Crippen LogP contribution in [0.2, 0.25) is 5.02 Å². The van der Waals surface area contributed by atoms with E-state index in [1.54, 1.807) is 18.5 Å². The maximum absolute atomic E-state index is 13.4. The van der Waals surface area contributed by atoms with Gasteiger partial charge in [0.1, 0.15) is 23.8 Å². The van der Waals surface area contributed by atoms with Crippen LogP contribution in [0.15, 0.2) is 30.6 Å². The smallest absolute Gasteiger partial charge is 0.141 e. The van der Waals surface area contributed by atoms with Crippen molar-refractivity contribution in [1.29, 1.82) is 0 Å². The largest absolute Gasteiger partial charge is 0.394 e. The molecule has 2 N–H and O–H groups in total. The van der Waals surface area contributed by atoms with Gasteiger partial charge < -0.3 is 20.2 Å². The van der Waals surface area contributed by atoms with Gasteiger partial charge >= 0.3 is 0 Å². The van der Waals surface area contributed by atoms with E-state index in [1.165, 1.54) is 6.07 Å². The van der Waals surface area contributed by atoms with Crippen LogP contribution >= 0.6 is 11.6 Å². The molecule has 0 radical (unpaired) electrons. The first kappa shape index (κ1) is 18.3. The monoisotopic (exact) mass is 391 g/mol. The van der Waals surface area contributed by atoms with E-state index in [0.717, 1.165) is 56.2 Å². The quantitative estimate of drug-likeness (QED) is 0.817. The van der Waals surface area contributed by atoms with Gasteiger partial charge in [0, 0.05) is 37.4 Å². The van der Waals surface area contributed by atoms with Crippen molar-refractivity contribution in [1.82, 2.24) is 9.97 Å². The molecule has 0 spiro atoms. The fourth-order valence-corrected chi connectivity index (χ4v) is 4.09. The van der Waals surface area contributed by atoms with Gasteiger partial charge in [-0.25, -0.2) is 14.4 Å². The number of nitrogens with zero attached hydrogens (tertiary/aromatic N) is 4. The Kier molecular flexibility index (Phi) is 5.31. The number of benzene rings is 1. The van der Waals surface area contributed by atoms with Crippen LogP contribution in [0.25, 0.3) is 0 Å². The van der Waals surface area contributed by atoms with Crippen LogP contribution in [-0.2, 0) is 0 Å². The Hall–Kier alpha value is -2.12. The van der Waals surface area contributed by atoms with Crippen molar-refractivity contribution < 1.29 is 9.50 Å². The molecule has 0 bridgehead atoms. The summed E-state index contributed by atoms with van der Waals surface area (Å²) in [6, 6.07) is 7.16. The summed E-state index contributed by atoms with van der Waals surface area (Å²) < 4.78 is 13.4. The summed E-state index contributed by atoms with van der Waals surface area (Å²) in [6.07, 6.45) is 4.57. The van der Waals surface area contributed by atoms with E-state index < -0.39 is 5.82 Å². The van der Waals surface area contributed by atoms with E-state index in [0.29, 0.717) is 0 Å². The van der Waals surface area contributed by atoms with Gasteiger partial charge in [0.15, 0.2) is 0 Å². The number of rotatable bonds is 5. The molecule has 0 amide bonds. The van der Waals surface area contributed by atoms with Gasteiger partial charge in [-0.3, -0.25) is 0 Å². The molecule has 8 heteroatoms. The number of hydrogen-bond acceptors (Lipinski definition) is 6. The molecule has 2 aromatic rings. The number of nitrogens with one attached hydrogen (secondary N) is 1. The average molecular weight is 392 g/mol. The third-order valence-electron chi connectivity index (χ3n) is 5.34. The average Bonchev–Trinajstić information content (AvgIpc) is 3.33. The molecule has 6 nitrogen and oxygen atoms in total. The lowest BCUT2D eigenvalue weighted by Gasteiger charge is -2.24. The fourth-order valence-electron chi connectivity index (χ4n) is 3.91. The zero-order chi connectivity index (χ0) is 18.8. The Morgan fingerprint density at radius 3 is 2.93 bits per heavy atom. The molecule has 2 saturated heterocycles. The van der Waals surface area contributed by atoms with Crippen LogP contribution in [-0.4, -0.2) is 53.4 Å². The molecular weight excluding hydrogens is 369 g/mol. The third-order valence-corrected chi connectivity index (χ3v) is 5.63. The zero-order valence-electron chi connectivity index (χ0n) is 15.0. The molecule has 1 aromatic heterocycles. The van der Waals surface area contributed by atoms with Gasteiger partial charge in [0.25, 0.3) is 0 Å². The van der Waals surface area contributed by atoms with E-state index in [4.69, 9.17) is 11.6 Å². The Labute approximate surface area is 163 Å². The van der Waals surface area contributed by atoms with Gasteiger partial charge in [0.2, 0.25) is 0 Å². The molecule has 27 heavy (non-hydrogen) atoms. The summed E-state index contributed by atoms with van der Waals surface area (Å²) in [5.74, 6) is 1.24. The van der Waals surface area contributed by atoms with E-state index in [-0.39, 0.29) is 23.7 Å². The molecule has 0 saturated carbocycles. The Morgan fingerprint density at radius 1 is 1.22 bits per heavy atom. The van der Waals surface area contributed by atoms with Crippen LogP contribution < -0.4 is 15.1 Å². The number of aromatic nitrogens is 2. The molecule has 2 fully saturated rings. The number of aliphatic hydroxyl groups excluding tert-OH is 1. The maximum atomic E-state index is 13.4. The predicted octanol–water partition coefficient (Wildman–Crippen LogP) is 2.92. The second-order valence-corrected chi connectivity index (χ2v) is 7.52. The highest BCUT2D eigenvalue weighted by molar-refractivity contribution is 6.31. The van der Waals surface area contributed by atoms with Crippen LogP contribution in [0.1, 0.15) is 19.3 Å². The maximum Gasteiger partial charge on any atom is 0.141 e. The van der Waals surface area contributed by atoms with Crippen molar-refractivity contribution in [3.63, 3.8) is 0 Å². The summed E-state index contributed by atoms with van der Waals surface area (Å²) >= 11 is 5.91. The second-order valence-electron chi connectivity index (χ2n) is 7.11. The Morgan fingerprint density at radius 2 is 2.11 bits per heavy atom. The summed E-state index contributed by atoms with van der Waals surface area (Å²) in [7, 11) is 0. The van der Waals surface area contributed by atoms with Gasteiger partial charge in [-0.05, 0) is 37.5 Å². The van der Waals surface area contributed by atoms with Crippen LogP contribution in [0.5, 0.6) is 0 Å². The van der Waals surface area contributed by atoms with E-state index >= 15 is 0 Å². The molecule has 2 aliphatic heterocycles. The molecule has 1 aromatic carbocycles. The summed E-state index contributed by atoms with van der Waals surface area (Å²) in [4.78, 5) is 13.1. The topological polar surface area (TPSA) is 64.5 Å². The molecule has 144 valence electrons. The summed E-state index contributed by atoms with van der Waals surface area (Å²) in [5.41, 5.74) is 0.928. The second kappa shape index (κ2) is 7.86. The molecule has 0 aliphatic carbocycles. The van der Waals surface area contributed by atoms with E-state index in [1.807, 2.05) is 6.07 Å². The summed E-state index contributed by atoms with van der Waals surface area (Å²) in [5, 5.41) is 13.2. The first-order valence-corrected chi connectivity index (χ1v) is 9.68.